The van der Waals surface area contributed by atoms with E-state index in [0.29, 0.717) is 6.04 Å². The number of nitrogens with one attached hydrogen (secondary N) is 1. The zero-order chi connectivity index (χ0) is 11.4. The van der Waals surface area contributed by atoms with Gasteiger partial charge < -0.3 is 5.32 Å². The molecule has 3 heteroatoms. The molecule has 0 fully saturated rings. The van der Waals surface area contributed by atoms with E-state index in [9.17, 15) is 0 Å². The number of hydrogen-bond acceptors (Lipinski definition) is 3. The topological polar surface area (TPSA) is 24.9 Å². The first-order valence-corrected chi connectivity index (χ1v) is 7.36. The predicted octanol–water partition coefficient (Wildman–Crippen LogP) is 3.30. The fourth-order valence-corrected chi connectivity index (χ4v) is 3.40. The van der Waals surface area contributed by atoms with Gasteiger partial charge in [-0.1, -0.05) is 13.8 Å². The van der Waals surface area contributed by atoms with Crippen molar-refractivity contribution in [1.82, 2.24) is 10.3 Å². The summed E-state index contributed by atoms with van der Waals surface area (Å²) in [5.74, 6) is 0. The third-order valence-corrected chi connectivity index (χ3v) is 4.57. The third kappa shape index (κ3) is 2.83. The van der Waals surface area contributed by atoms with Crippen LogP contribution in [0.25, 0.3) is 0 Å². The molecule has 1 aliphatic carbocycles. The molecule has 0 atom stereocenters. The molecule has 1 heterocycles. The normalized spacial score (nSPS) is 15.4. The number of fused-ring (bicyclic) bond motifs is 1. The second kappa shape index (κ2) is 5.78. The molecule has 1 N–H and O–H groups in total. The maximum absolute atomic E-state index is 4.75. The maximum Gasteiger partial charge on any atom is 0.107 e. The van der Waals surface area contributed by atoms with Gasteiger partial charge in [0.05, 0.1) is 5.69 Å². The van der Waals surface area contributed by atoms with Gasteiger partial charge in [-0.2, -0.15) is 0 Å². The van der Waals surface area contributed by atoms with Crippen LogP contribution in [0.5, 0.6) is 0 Å². The van der Waals surface area contributed by atoms with E-state index in [-0.39, 0.29) is 0 Å². The van der Waals surface area contributed by atoms with Crippen molar-refractivity contribution >= 4 is 11.3 Å². The van der Waals surface area contributed by atoms with Crippen LogP contribution in [0.1, 0.15) is 55.1 Å². The minimum atomic E-state index is 0.654. The summed E-state index contributed by atoms with van der Waals surface area (Å²) in [6.07, 6.45) is 7.57. The predicted molar refractivity (Wildman–Crippen MR) is 70.0 cm³/mol. The number of nitrogens with zero attached hydrogens (tertiary/aromatic N) is 1. The molecular formula is C13H22N2S. The largest absolute Gasteiger partial charge is 0.308 e. The van der Waals surface area contributed by atoms with Crippen LogP contribution in [0, 0.1) is 0 Å². The van der Waals surface area contributed by atoms with Crippen LogP contribution < -0.4 is 5.32 Å². The quantitative estimate of drug-likeness (QED) is 0.851. The lowest BCUT2D eigenvalue weighted by Gasteiger charge is -2.12. The fraction of sp³-hybridized carbons (Fsp3) is 0.769. The Morgan fingerprint density at radius 1 is 1.25 bits per heavy atom. The zero-order valence-electron chi connectivity index (χ0n) is 10.4. The van der Waals surface area contributed by atoms with E-state index in [1.165, 1.54) is 49.2 Å². The van der Waals surface area contributed by atoms with Gasteiger partial charge in [0.2, 0.25) is 0 Å². The Labute approximate surface area is 102 Å². The molecule has 16 heavy (non-hydrogen) atoms. The first-order chi connectivity index (χ1) is 7.83. The number of thiazole rings is 1. The van der Waals surface area contributed by atoms with Crippen molar-refractivity contribution in [3.05, 3.63) is 15.6 Å². The van der Waals surface area contributed by atoms with Crippen molar-refractivity contribution in [3.63, 3.8) is 0 Å². The summed E-state index contributed by atoms with van der Waals surface area (Å²) in [6.45, 7) is 5.45. The van der Waals surface area contributed by atoms with Crippen LogP contribution >= 0.6 is 11.3 Å². The lowest BCUT2D eigenvalue weighted by molar-refractivity contribution is 0.483. The van der Waals surface area contributed by atoms with Crippen molar-refractivity contribution in [3.8, 4) is 0 Å². The molecule has 1 aromatic rings. The Morgan fingerprint density at radius 3 is 2.69 bits per heavy atom. The van der Waals surface area contributed by atoms with Gasteiger partial charge in [-0.05, 0) is 38.5 Å². The molecule has 0 aromatic carbocycles. The molecule has 1 aromatic heterocycles. The van der Waals surface area contributed by atoms with Crippen LogP contribution in [0.3, 0.4) is 0 Å². The number of rotatable bonds is 5. The lowest BCUT2D eigenvalue weighted by atomic mass is 10.0. The van der Waals surface area contributed by atoms with E-state index in [1.807, 2.05) is 11.3 Å². The van der Waals surface area contributed by atoms with Crippen molar-refractivity contribution in [2.24, 2.45) is 0 Å². The lowest BCUT2D eigenvalue weighted by Crippen LogP contribution is -2.26. The Balaban J connectivity index is 1.92. The molecule has 2 rings (SSSR count). The minimum absolute atomic E-state index is 0.654. The van der Waals surface area contributed by atoms with Crippen LogP contribution in [-0.4, -0.2) is 11.0 Å². The molecule has 0 amide bonds. The second-order valence-electron chi connectivity index (χ2n) is 4.58. The maximum atomic E-state index is 4.75. The van der Waals surface area contributed by atoms with Crippen molar-refractivity contribution < 1.29 is 0 Å². The summed E-state index contributed by atoms with van der Waals surface area (Å²) in [6, 6.07) is 0.654. The van der Waals surface area contributed by atoms with Gasteiger partial charge in [0.15, 0.2) is 0 Å². The number of aryl methyl sites for hydroxylation is 2. The zero-order valence-corrected chi connectivity index (χ0v) is 11.2. The van der Waals surface area contributed by atoms with Crippen LogP contribution in [-0.2, 0) is 19.4 Å². The summed E-state index contributed by atoms with van der Waals surface area (Å²) in [7, 11) is 0. The Morgan fingerprint density at radius 2 is 2.00 bits per heavy atom. The molecule has 0 saturated heterocycles. The highest BCUT2D eigenvalue weighted by Gasteiger charge is 2.15. The van der Waals surface area contributed by atoms with E-state index in [2.05, 4.69) is 19.2 Å². The average Bonchev–Trinajstić information content (AvgIpc) is 2.73. The molecule has 0 radical (unpaired) electrons. The first-order valence-electron chi connectivity index (χ1n) is 6.54. The molecule has 90 valence electrons. The number of aromatic nitrogens is 1. The summed E-state index contributed by atoms with van der Waals surface area (Å²) < 4.78 is 0. The van der Waals surface area contributed by atoms with Crippen LogP contribution in [0.2, 0.25) is 0 Å². The van der Waals surface area contributed by atoms with E-state index in [4.69, 9.17) is 4.98 Å². The van der Waals surface area contributed by atoms with Gasteiger partial charge in [-0.3, -0.25) is 0 Å². The smallest absolute Gasteiger partial charge is 0.107 e. The van der Waals surface area contributed by atoms with Crippen molar-refractivity contribution in [2.45, 2.75) is 65.0 Å². The van der Waals surface area contributed by atoms with E-state index >= 15 is 0 Å². The number of hydrogen-bond donors (Lipinski definition) is 1. The second-order valence-corrected chi connectivity index (χ2v) is 5.75. The van der Waals surface area contributed by atoms with Crippen molar-refractivity contribution in [2.75, 3.05) is 0 Å². The van der Waals surface area contributed by atoms with Crippen molar-refractivity contribution in [1.29, 1.82) is 0 Å². The highest BCUT2D eigenvalue weighted by atomic mass is 32.1. The monoisotopic (exact) mass is 238 g/mol. The molecule has 0 unspecified atom stereocenters. The summed E-state index contributed by atoms with van der Waals surface area (Å²) in [4.78, 5) is 6.30. The van der Waals surface area contributed by atoms with Gasteiger partial charge in [0.25, 0.3) is 0 Å². The molecule has 2 nitrogen and oxygen atoms in total. The Kier molecular flexibility index (Phi) is 4.36. The van der Waals surface area contributed by atoms with E-state index < -0.39 is 0 Å². The average molecular weight is 238 g/mol. The molecule has 0 aliphatic heterocycles. The molecule has 1 aliphatic rings. The molecule has 0 saturated carbocycles. The Hall–Kier alpha value is -0.410. The van der Waals surface area contributed by atoms with Gasteiger partial charge in [0, 0.05) is 17.5 Å². The van der Waals surface area contributed by atoms with Crippen LogP contribution in [0.15, 0.2) is 0 Å². The van der Waals surface area contributed by atoms with Gasteiger partial charge >= 0.3 is 0 Å². The highest BCUT2D eigenvalue weighted by molar-refractivity contribution is 7.11. The Bertz CT molecular complexity index is 305. The fourth-order valence-electron chi connectivity index (χ4n) is 2.29. The molecule has 0 bridgehead atoms. The van der Waals surface area contributed by atoms with Crippen LogP contribution in [0.4, 0.5) is 0 Å². The summed E-state index contributed by atoms with van der Waals surface area (Å²) in [5, 5.41) is 4.88. The van der Waals surface area contributed by atoms with Gasteiger partial charge in [0.1, 0.15) is 5.01 Å². The standard InChI is InChI=1S/C13H22N2S/c1-3-10(4-2)14-9-13-15-11-7-5-6-8-12(11)16-13/h10,14H,3-9H2,1-2H3. The van der Waals surface area contributed by atoms with Gasteiger partial charge in [-0.25, -0.2) is 4.98 Å². The third-order valence-electron chi connectivity index (χ3n) is 3.42. The summed E-state index contributed by atoms with van der Waals surface area (Å²) >= 11 is 1.92. The van der Waals surface area contributed by atoms with E-state index in [1.54, 1.807) is 4.88 Å². The molecular weight excluding hydrogens is 216 g/mol. The SMILES string of the molecule is CCC(CC)NCc1nc2c(s1)CCCC2. The van der Waals surface area contributed by atoms with E-state index in [0.717, 1.165) is 6.54 Å². The highest BCUT2D eigenvalue weighted by Crippen LogP contribution is 2.26. The minimum Gasteiger partial charge on any atom is -0.308 e. The van der Waals surface area contributed by atoms with Gasteiger partial charge in [-0.15, -0.1) is 11.3 Å². The summed E-state index contributed by atoms with van der Waals surface area (Å²) in [5.41, 5.74) is 1.39. The first kappa shape index (κ1) is 12.1. The molecule has 0 spiro atoms.